The summed E-state index contributed by atoms with van der Waals surface area (Å²) >= 11 is 3.46. The highest BCUT2D eigenvalue weighted by molar-refractivity contribution is 9.10. The molecule has 0 atom stereocenters. The maximum absolute atomic E-state index is 9.61. The number of hydrogen-bond donors (Lipinski definition) is 2. The number of benzene rings is 2. The minimum absolute atomic E-state index is 0.138. The van der Waals surface area contributed by atoms with E-state index in [1.54, 1.807) is 13.2 Å². The maximum atomic E-state index is 9.61. The van der Waals surface area contributed by atoms with Crippen LogP contribution in [0.3, 0.4) is 0 Å². The van der Waals surface area contributed by atoms with Gasteiger partial charge in [-0.05, 0) is 42.3 Å². The number of phenolic OH excluding ortho intramolecular Hbond substituents is 1. The second-order valence-electron chi connectivity index (χ2n) is 4.66. The third kappa shape index (κ3) is 3.61. The highest BCUT2D eigenvalue weighted by Gasteiger charge is 2.09. The summed E-state index contributed by atoms with van der Waals surface area (Å²) in [6, 6.07) is 9.24. The molecule has 0 aliphatic heterocycles. The Labute approximate surface area is 132 Å². The SMILES string of the molecule is COc1cc(CNc2c(C)cc(Br)cc2OC)ccc1O. The van der Waals surface area contributed by atoms with Gasteiger partial charge in [0.25, 0.3) is 0 Å². The van der Waals surface area contributed by atoms with Crippen molar-refractivity contribution in [3.05, 3.63) is 45.9 Å². The third-order valence-electron chi connectivity index (χ3n) is 3.20. The van der Waals surface area contributed by atoms with E-state index in [0.717, 1.165) is 27.0 Å². The predicted octanol–water partition coefficient (Wildman–Crippen LogP) is 4.09. The quantitative estimate of drug-likeness (QED) is 0.851. The number of hydrogen-bond acceptors (Lipinski definition) is 4. The number of methoxy groups -OCH3 is 2. The van der Waals surface area contributed by atoms with Crippen LogP contribution < -0.4 is 14.8 Å². The van der Waals surface area contributed by atoms with Gasteiger partial charge in [-0.3, -0.25) is 0 Å². The van der Waals surface area contributed by atoms with E-state index in [2.05, 4.69) is 21.2 Å². The lowest BCUT2D eigenvalue weighted by Gasteiger charge is -2.15. The van der Waals surface area contributed by atoms with Crippen LogP contribution >= 0.6 is 15.9 Å². The van der Waals surface area contributed by atoms with Crippen LogP contribution in [0.4, 0.5) is 5.69 Å². The van der Waals surface area contributed by atoms with E-state index in [9.17, 15) is 5.11 Å². The van der Waals surface area contributed by atoms with Gasteiger partial charge in [-0.15, -0.1) is 0 Å². The fraction of sp³-hybridized carbons (Fsp3) is 0.250. The molecule has 0 saturated carbocycles. The molecule has 0 saturated heterocycles. The molecule has 2 N–H and O–H groups in total. The van der Waals surface area contributed by atoms with Crippen molar-refractivity contribution in [2.45, 2.75) is 13.5 Å². The van der Waals surface area contributed by atoms with Crippen molar-refractivity contribution in [3.63, 3.8) is 0 Å². The van der Waals surface area contributed by atoms with Gasteiger partial charge in [0.05, 0.1) is 19.9 Å². The van der Waals surface area contributed by atoms with Crippen molar-refractivity contribution >= 4 is 21.6 Å². The van der Waals surface area contributed by atoms with E-state index in [0.29, 0.717) is 12.3 Å². The number of anilines is 1. The summed E-state index contributed by atoms with van der Waals surface area (Å²) < 4.78 is 11.5. The Kier molecular flexibility index (Phi) is 4.96. The second kappa shape index (κ2) is 6.72. The molecule has 0 aliphatic rings. The molecule has 2 aromatic rings. The molecular formula is C16H18BrNO3. The van der Waals surface area contributed by atoms with Gasteiger partial charge in [0, 0.05) is 11.0 Å². The second-order valence-corrected chi connectivity index (χ2v) is 5.58. The molecule has 112 valence electrons. The molecule has 5 heteroatoms. The van der Waals surface area contributed by atoms with E-state index in [4.69, 9.17) is 9.47 Å². The number of aryl methyl sites for hydroxylation is 1. The zero-order chi connectivity index (χ0) is 15.4. The summed E-state index contributed by atoms with van der Waals surface area (Å²) in [6.07, 6.45) is 0. The lowest BCUT2D eigenvalue weighted by molar-refractivity contribution is 0.373. The first kappa shape index (κ1) is 15.5. The van der Waals surface area contributed by atoms with Gasteiger partial charge in [-0.25, -0.2) is 0 Å². The summed E-state index contributed by atoms with van der Waals surface area (Å²) in [5, 5.41) is 13.0. The minimum Gasteiger partial charge on any atom is -0.504 e. The summed E-state index contributed by atoms with van der Waals surface area (Å²) in [5.41, 5.74) is 3.05. The molecule has 2 aromatic carbocycles. The van der Waals surface area contributed by atoms with Crippen LogP contribution in [0.5, 0.6) is 17.2 Å². The summed E-state index contributed by atoms with van der Waals surface area (Å²) in [4.78, 5) is 0. The fourth-order valence-electron chi connectivity index (χ4n) is 2.12. The van der Waals surface area contributed by atoms with Gasteiger partial charge in [-0.2, -0.15) is 0 Å². The maximum Gasteiger partial charge on any atom is 0.160 e. The largest absolute Gasteiger partial charge is 0.504 e. The molecule has 2 rings (SSSR count). The van der Waals surface area contributed by atoms with Gasteiger partial charge in [0.15, 0.2) is 11.5 Å². The number of nitrogens with one attached hydrogen (secondary N) is 1. The van der Waals surface area contributed by atoms with Crippen LogP contribution in [0.15, 0.2) is 34.8 Å². The van der Waals surface area contributed by atoms with E-state index in [1.807, 2.05) is 31.2 Å². The Bertz CT molecular complexity index is 644. The Hall–Kier alpha value is -1.88. The van der Waals surface area contributed by atoms with Gasteiger partial charge in [-0.1, -0.05) is 22.0 Å². The fourth-order valence-corrected chi connectivity index (χ4v) is 2.67. The molecule has 0 aliphatic carbocycles. The smallest absolute Gasteiger partial charge is 0.160 e. The zero-order valence-corrected chi connectivity index (χ0v) is 13.8. The van der Waals surface area contributed by atoms with Gasteiger partial charge >= 0.3 is 0 Å². The molecule has 0 bridgehead atoms. The molecule has 21 heavy (non-hydrogen) atoms. The summed E-state index contributed by atoms with van der Waals surface area (Å²) in [6.45, 7) is 2.63. The molecule has 4 nitrogen and oxygen atoms in total. The monoisotopic (exact) mass is 351 g/mol. The van der Waals surface area contributed by atoms with Gasteiger partial charge in [0.2, 0.25) is 0 Å². The van der Waals surface area contributed by atoms with Crippen molar-refractivity contribution in [1.82, 2.24) is 0 Å². The number of rotatable bonds is 5. The predicted molar refractivity (Wildman–Crippen MR) is 87.4 cm³/mol. The number of ether oxygens (including phenoxy) is 2. The summed E-state index contributed by atoms with van der Waals surface area (Å²) in [5.74, 6) is 1.39. The van der Waals surface area contributed by atoms with Crippen LogP contribution in [-0.2, 0) is 6.54 Å². The molecule has 0 amide bonds. The highest BCUT2D eigenvalue weighted by Crippen LogP contribution is 2.33. The summed E-state index contributed by atoms with van der Waals surface area (Å²) in [7, 11) is 3.18. The van der Waals surface area contributed by atoms with Crippen LogP contribution in [-0.4, -0.2) is 19.3 Å². The average molecular weight is 352 g/mol. The Morgan fingerprint density at radius 3 is 2.48 bits per heavy atom. The normalized spacial score (nSPS) is 10.3. The van der Waals surface area contributed by atoms with Gasteiger partial charge < -0.3 is 19.9 Å². The van der Waals surface area contributed by atoms with Crippen LogP contribution in [0.1, 0.15) is 11.1 Å². The van der Waals surface area contributed by atoms with Crippen molar-refractivity contribution in [2.75, 3.05) is 19.5 Å². The number of phenols is 1. The lowest BCUT2D eigenvalue weighted by atomic mass is 10.1. The first-order chi connectivity index (χ1) is 10.0. The average Bonchev–Trinajstić information content (AvgIpc) is 2.47. The molecule has 0 fully saturated rings. The van der Waals surface area contributed by atoms with E-state index in [1.165, 1.54) is 7.11 Å². The van der Waals surface area contributed by atoms with Crippen molar-refractivity contribution in [3.8, 4) is 17.2 Å². The van der Waals surface area contributed by atoms with E-state index >= 15 is 0 Å². The number of aromatic hydroxyl groups is 1. The molecule has 0 heterocycles. The molecule has 0 radical (unpaired) electrons. The Balaban J connectivity index is 2.20. The minimum atomic E-state index is 0.138. The molecular weight excluding hydrogens is 334 g/mol. The third-order valence-corrected chi connectivity index (χ3v) is 3.66. The van der Waals surface area contributed by atoms with E-state index < -0.39 is 0 Å². The van der Waals surface area contributed by atoms with Gasteiger partial charge in [0.1, 0.15) is 5.75 Å². The van der Waals surface area contributed by atoms with Crippen molar-refractivity contribution in [1.29, 1.82) is 0 Å². The van der Waals surface area contributed by atoms with Crippen molar-refractivity contribution in [2.24, 2.45) is 0 Å². The molecule has 0 unspecified atom stereocenters. The standard InChI is InChI=1S/C16H18BrNO3/c1-10-6-12(17)8-15(21-3)16(10)18-9-11-4-5-13(19)14(7-11)20-2/h4-8,18-19H,9H2,1-3H3. The first-order valence-corrected chi connectivity index (χ1v) is 7.28. The topological polar surface area (TPSA) is 50.7 Å². The molecule has 0 aromatic heterocycles. The molecule has 0 spiro atoms. The zero-order valence-electron chi connectivity index (χ0n) is 12.2. The Morgan fingerprint density at radius 1 is 1.10 bits per heavy atom. The van der Waals surface area contributed by atoms with Crippen LogP contribution in [0.25, 0.3) is 0 Å². The Morgan fingerprint density at radius 2 is 1.81 bits per heavy atom. The highest BCUT2D eigenvalue weighted by atomic mass is 79.9. The number of halogens is 1. The van der Waals surface area contributed by atoms with Crippen molar-refractivity contribution < 1.29 is 14.6 Å². The van der Waals surface area contributed by atoms with Crippen LogP contribution in [0.2, 0.25) is 0 Å². The van der Waals surface area contributed by atoms with E-state index in [-0.39, 0.29) is 5.75 Å². The lowest BCUT2D eigenvalue weighted by Crippen LogP contribution is -2.03. The first-order valence-electron chi connectivity index (χ1n) is 6.49. The van der Waals surface area contributed by atoms with Crippen LogP contribution in [0, 0.1) is 6.92 Å².